The largest absolute Gasteiger partial charge is 0.456 e. The summed E-state index contributed by atoms with van der Waals surface area (Å²) in [5, 5.41) is 1.06. The Labute approximate surface area is 254 Å². The van der Waals surface area contributed by atoms with Gasteiger partial charge in [-0.05, 0) is 103 Å². The third-order valence-corrected chi connectivity index (χ3v) is 7.65. The number of esters is 1. The van der Waals surface area contributed by atoms with Crippen LogP contribution in [0.3, 0.4) is 0 Å². The van der Waals surface area contributed by atoms with Crippen molar-refractivity contribution < 1.29 is 9.53 Å². The summed E-state index contributed by atoms with van der Waals surface area (Å²) in [6.07, 6.45) is 9.31. The quantitative estimate of drug-likeness (QED) is 0.237. The Morgan fingerprint density at radius 2 is 1.81 bits per heavy atom. The zero-order valence-corrected chi connectivity index (χ0v) is 26.2. The second-order valence-electron chi connectivity index (χ2n) is 12.2. The predicted molar refractivity (Wildman–Crippen MR) is 170 cm³/mol. The van der Waals surface area contributed by atoms with E-state index in [0.717, 1.165) is 36.7 Å². The van der Waals surface area contributed by atoms with Crippen molar-refractivity contribution in [3.63, 3.8) is 0 Å². The number of likely N-dealkylation sites (N-methyl/N-ethyl adjacent to an activating group) is 1. The zero-order chi connectivity index (χ0) is 30.4. The van der Waals surface area contributed by atoms with E-state index < -0.39 is 5.60 Å². The van der Waals surface area contributed by atoms with Crippen LogP contribution in [-0.4, -0.2) is 71.2 Å². The van der Waals surface area contributed by atoms with Crippen LogP contribution in [0.2, 0.25) is 5.02 Å². The van der Waals surface area contributed by atoms with Gasteiger partial charge in [-0.1, -0.05) is 23.9 Å². The number of halogens is 1. The molecule has 42 heavy (non-hydrogen) atoms. The van der Waals surface area contributed by atoms with E-state index in [2.05, 4.69) is 15.7 Å². The van der Waals surface area contributed by atoms with Crippen LogP contribution in [0.15, 0.2) is 41.2 Å². The molecule has 0 aliphatic carbocycles. The number of hydrogen-bond donors (Lipinski definition) is 0. The minimum atomic E-state index is -0.577. The first-order valence-electron chi connectivity index (χ1n) is 14.6. The molecule has 0 bridgehead atoms. The highest BCUT2D eigenvalue weighted by molar-refractivity contribution is 6.32. The number of ether oxygens (including phenoxy) is 1. The summed E-state index contributed by atoms with van der Waals surface area (Å²) in [4.78, 5) is 37.8. The first kappa shape index (κ1) is 31.6. The van der Waals surface area contributed by atoms with Crippen molar-refractivity contribution in [3.8, 4) is 12.3 Å². The molecule has 3 aromatic rings. The number of rotatable bonds is 10. The van der Waals surface area contributed by atoms with Crippen molar-refractivity contribution in [2.45, 2.75) is 65.3 Å². The topological polar surface area (TPSA) is 70.9 Å². The molecular formula is C33H42ClN5O3. The van der Waals surface area contributed by atoms with Gasteiger partial charge in [-0.15, -0.1) is 6.42 Å². The number of terminal acetylenes is 1. The van der Waals surface area contributed by atoms with Crippen molar-refractivity contribution in [2.24, 2.45) is 0 Å². The fourth-order valence-corrected chi connectivity index (χ4v) is 5.34. The molecule has 2 aromatic carbocycles. The lowest BCUT2D eigenvalue weighted by molar-refractivity contribution is 0.00695. The van der Waals surface area contributed by atoms with E-state index in [1.165, 1.54) is 19.3 Å². The van der Waals surface area contributed by atoms with Crippen LogP contribution >= 0.6 is 11.6 Å². The number of nitrogens with zero attached hydrogens (tertiary/aromatic N) is 5. The van der Waals surface area contributed by atoms with E-state index in [1.807, 2.05) is 62.5 Å². The predicted octanol–water partition coefficient (Wildman–Crippen LogP) is 5.19. The molecule has 1 aliphatic heterocycles. The highest BCUT2D eigenvalue weighted by atomic mass is 35.5. The van der Waals surface area contributed by atoms with Gasteiger partial charge in [-0.2, -0.15) is 0 Å². The molecule has 0 amide bonds. The number of carbonyl (C=O) groups is 1. The van der Waals surface area contributed by atoms with Gasteiger partial charge in [0.05, 0.1) is 29.6 Å². The molecule has 0 unspecified atom stereocenters. The molecule has 1 fully saturated rings. The van der Waals surface area contributed by atoms with E-state index in [9.17, 15) is 9.59 Å². The lowest BCUT2D eigenvalue weighted by atomic mass is 10.1. The van der Waals surface area contributed by atoms with Crippen molar-refractivity contribution in [2.75, 3.05) is 45.2 Å². The minimum absolute atomic E-state index is 0.0583. The third-order valence-electron chi connectivity index (χ3n) is 7.30. The number of hydrogen-bond acceptors (Lipinski definition) is 7. The number of anilines is 1. The monoisotopic (exact) mass is 591 g/mol. The molecule has 1 aliphatic rings. The zero-order valence-electron chi connectivity index (χ0n) is 25.5. The molecule has 1 saturated heterocycles. The van der Waals surface area contributed by atoms with Gasteiger partial charge in [-0.3, -0.25) is 14.3 Å². The van der Waals surface area contributed by atoms with Gasteiger partial charge in [0.1, 0.15) is 11.4 Å². The molecule has 9 heteroatoms. The lowest BCUT2D eigenvalue weighted by Crippen LogP contribution is -2.35. The van der Waals surface area contributed by atoms with Crippen LogP contribution in [-0.2, 0) is 24.4 Å². The first-order chi connectivity index (χ1) is 19.9. The Hall–Kier alpha value is -3.38. The maximum atomic E-state index is 13.9. The highest BCUT2D eigenvalue weighted by Crippen LogP contribution is 2.26. The molecule has 2 heterocycles. The van der Waals surface area contributed by atoms with Gasteiger partial charge in [0.15, 0.2) is 0 Å². The first-order valence-corrected chi connectivity index (χ1v) is 14.9. The molecule has 0 radical (unpaired) electrons. The van der Waals surface area contributed by atoms with Gasteiger partial charge in [0, 0.05) is 30.3 Å². The number of likely N-dealkylation sites (tertiary alicyclic amines) is 1. The van der Waals surface area contributed by atoms with Crippen LogP contribution in [0.4, 0.5) is 5.69 Å². The van der Waals surface area contributed by atoms with E-state index >= 15 is 0 Å². The van der Waals surface area contributed by atoms with Crippen molar-refractivity contribution >= 4 is 34.2 Å². The Morgan fingerprint density at radius 1 is 1.12 bits per heavy atom. The van der Waals surface area contributed by atoms with E-state index in [0.29, 0.717) is 47.7 Å². The average molecular weight is 592 g/mol. The van der Waals surface area contributed by atoms with Crippen molar-refractivity contribution in [1.82, 2.24) is 19.4 Å². The molecule has 0 saturated carbocycles. The highest BCUT2D eigenvalue weighted by Gasteiger charge is 2.20. The Morgan fingerprint density at radius 3 is 2.43 bits per heavy atom. The van der Waals surface area contributed by atoms with Crippen LogP contribution in [0, 0.1) is 12.3 Å². The SMILES string of the molecule is C#CCN(Cc1cc2c(=O)n(CCN(C)C)c(CN3CCCCC3)nc2cc1Cl)c1ccc(C(=O)OC(C)(C)C)cc1. The van der Waals surface area contributed by atoms with Gasteiger partial charge >= 0.3 is 5.97 Å². The molecule has 1 aromatic heterocycles. The molecule has 224 valence electrons. The number of carbonyl (C=O) groups excluding carboxylic acids is 1. The standard InChI is InChI=1S/C33H42ClN5O3/c1-7-15-38(26-13-11-24(12-14-26)32(41)42-33(2,3)4)22-25-20-27-29(21-28(25)34)35-30(23-37-16-9-8-10-17-37)39(31(27)40)19-18-36(5)6/h1,11-14,20-21H,8-10,15-19,22-23H2,2-6H3. The smallest absolute Gasteiger partial charge is 0.338 e. The number of aromatic nitrogens is 2. The van der Waals surface area contributed by atoms with Crippen molar-refractivity contribution in [3.05, 3.63) is 68.7 Å². The van der Waals surface area contributed by atoms with Gasteiger partial charge < -0.3 is 14.5 Å². The van der Waals surface area contributed by atoms with E-state index in [1.54, 1.807) is 18.2 Å². The number of piperidine rings is 1. The molecule has 0 atom stereocenters. The van der Waals surface area contributed by atoms with Gasteiger partial charge in [-0.25, -0.2) is 9.78 Å². The van der Waals surface area contributed by atoms with Gasteiger partial charge in [0.2, 0.25) is 0 Å². The number of benzene rings is 2. The summed E-state index contributed by atoms with van der Waals surface area (Å²) in [5.41, 5.74) is 2.03. The van der Waals surface area contributed by atoms with Crippen LogP contribution < -0.4 is 10.5 Å². The van der Waals surface area contributed by atoms with Gasteiger partial charge in [0.25, 0.3) is 5.56 Å². The maximum Gasteiger partial charge on any atom is 0.338 e. The summed E-state index contributed by atoms with van der Waals surface area (Å²) in [7, 11) is 4.00. The molecule has 4 rings (SSSR count). The molecule has 0 N–H and O–H groups in total. The summed E-state index contributed by atoms with van der Waals surface area (Å²) in [6, 6.07) is 10.8. The Kier molecular flexibility index (Phi) is 10.3. The number of fused-ring (bicyclic) bond motifs is 1. The Balaban J connectivity index is 1.66. The third kappa shape index (κ3) is 8.13. The average Bonchev–Trinajstić information content (AvgIpc) is 2.93. The summed E-state index contributed by atoms with van der Waals surface area (Å²) in [5.74, 6) is 3.10. The second kappa shape index (κ2) is 13.7. The normalized spacial score (nSPS) is 14.2. The molecular weight excluding hydrogens is 550 g/mol. The molecule has 8 nitrogen and oxygen atoms in total. The van der Waals surface area contributed by atoms with Crippen LogP contribution in [0.1, 0.15) is 61.8 Å². The molecule has 0 spiro atoms. The fraction of sp³-hybridized carbons (Fsp3) is 0.485. The summed E-state index contributed by atoms with van der Waals surface area (Å²) < 4.78 is 7.30. The Bertz CT molecular complexity index is 1500. The van der Waals surface area contributed by atoms with Crippen LogP contribution in [0.5, 0.6) is 0 Å². The fourth-order valence-electron chi connectivity index (χ4n) is 5.12. The summed E-state index contributed by atoms with van der Waals surface area (Å²) >= 11 is 6.80. The minimum Gasteiger partial charge on any atom is -0.456 e. The van der Waals surface area contributed by atoms with Crippen molar-refractivity contribution in [1.29, 1.82) is 0 Å². The summed E-state index contributed by atoms with van der Waals surface area (Å²) in [6.45, 7) is 10.2. The van der Waals surface area contributed by atoms with Crippen LogP contribution in [0.25, 0.3) is 10.9 Å². The maximum absolute atomic E-state index is 13.9. The second-order valence-corrected chi connectivity index (χ2v) is 12.6. The lowest BCUT2D eigenvalue weighted by Gasteiger charge is -2.27. The van der Waals surface area contributed by atoms with E-state index in [4.69, 9.17) is 27.7 Å². The van der Waals surface area contributed by atoms with E-state index in [-0.39, 0.29) is 11.5 Å².